The molecule has 130 valence electrons. The smallest absolute Gasteiger partial charge is 0.134 e. The summed E-state index contributed by atoms with van der Waals surface area (Å²) in [6.45, 7) is 8.76. The molecule has 0 saturated carbocycles. The Bertz CT molecular complexity index is 650. The number of likely N-dealkylation sites (N-methyl/N-ethyl adjacent to an activating group) is 1. The van der Waals surface area contributed by atoms with Gasteiger partial charge in [0.15, 0.2) is 0 Å². The van der Waals surface area contributed by atoms with E-state index in [9.17, 15) is 0 Å². The molecule has 0 radical (unpaired) electrons. The van der Waals surface area contributed by atoms with Gasteiger partial charge in [0.2, 0.25) is 0 Å². The molecule has 2 heterocycles. The van der Waals surface area contributed by atoms with Crippen LogP contribution in [0.25, 0.3) is 11.3 Å². The number of hydrogen-bond donors (Lipinski definition) is 1. The van der Waals surface area contributed by atoms with E-state index in [-0.39, 0.29) is 0 Å². The molecule has 5 heteroatoms. The van der Waals surface area contributed by atoms with Gasteiger partial charge >= 0.3 is 0 Å². The monoisotopic (exact) mass is 391 g/mol. The topological polar surface area (TPSA) is 31.6 Å². The Labute approximate surface area is 152 Å². The molecule has 1 unspecified atom stereocenters. The Balaban J connectivity index is 1.48. The van der Waals surface area contributed by atoms with Gasteiger partial charge in [-0.05, 0) is 38.2 Å². The van der Waals surface area contributed by atoms with Gasteiger partial charge < -0.3 is 14.6 Å². The average Bonchev–Trinajstić information content (AvgIpc) is 3.04. The second kappa shape index (κ2) is 8.30. The molecule has 0 spiro atoms. The zero-order valence-electron chi connectivity index (χ0n) is 14.5. The van der Waals surface area contributed by atoms with E-state index in [1.165, 1.54) is 13.1 Å². The molecule has 24 heavy (non-hydrogen) atoms. The lowest BCUT2D eigenvalue weighted by molar-refractivity contribution is 0.144. The van der Waals surface area contributed by atoms with Gasteiger partial charge in [0, 0.05) is 48.8 Å². The summed E-state index contributed by atoms with van der Waals surface area (Å²) in [7, 11) is 2.19. The zero-order chi connectivity index (χ0) is 16.9. The summed E-state index contributed by atoms with van der Waals surface area (Å²) in [5.41, 5.74) is 1.10. The number of furan rings is 1. The molecular weight excluding hydrogens is 366 g/mol. The fraction of sp³-hybridized carbons (Fsp3) is 0.474. The molecule has 1 N–H and O–H groups in total. The molecular formula is C19H26BrN3O. The summed E-state index contributed by atoms with van der Waals surface area (Å²) in [5, 5.41) is 3.58. The molecule has 1 aromatic heterocycles. The van der Waals surface area contributed by atoms with Crippen molar-refractivity contribution in [3.63, 3.8) is 0 Å². The Morgan fingerprint density at radius 1 is 1.17 bits per heavy atom. The molecule has 4 nitrogen and oxygen atoms in total. The van der Waals surface area contributed by atoms with Gasteiger partial charge in [-0.1, -0.05) is 28.1 Å². The van der Waals surface area contributed by atoms with Crippen molar-refractivity contribution in [1.29, 1.82) is 0 Å². The van der Waals surface area contributed by atoms with Crippen LogP contribution in [0.15, 0.2) is 45.3 Å². The first-order valence-electron chi connectivity index (χ1n) is 8.59. The summed E-state index contributed by atoms with van der Waals surface area (Å²) in [4.78, 5) is 4.92. The van der Waals surface area contributed by atoms with Crippen molar-refractivity contribution in [3.05, 3.63) is 46.6 Å². The van der Waals surface area contributed by atoms with Gasteiger partial charge in [-0.3, -0.25) is 4.90 Å². The summed E-state index contributed by atoms with van der Waals surface area (Å²) in [6.07, 6.45) is 0. The van der Waals surface area contributed by atoms with Crippen molar-refractivity contribution < 1.29 is 4.42 Å². The zero-order valence-corrected chi connectivity index (χ0v) is 16.1. The minimum absolute atomic E-state index is 0.452. The third-order valence-corrected chi connectivity index (χ3v) is 5.02. The average molecular weight is 392 g/mol. The molecule has 1 aromatic carbocycles. The summed E-state index contributed by atoms with van der Waals surface area (Å²) >= 11 is 3.51. The first-order valence-corrected chi connectivity index (χ1v) is 9.38. The van der Waals surface area contributed by atoms with Crippen LogP contribution in [0.5, 0.6) is 0 Å². The number of nitrogens with one attached hydrogen (secondary N) is 1. The number of halogens is 1. The molecule has 1 aliphatic heterocycles. The lowest BCUT2D eigenvalue weighted by atomic mass is 10.2. The van der Waals surface area contributed by atoms with Crippen molar-refractivity contribution >= 4 is 15.9 Å². The van der Waals surface area contributed by atoms with Crippen molar-refractivity contribution in [2.24, 2.45) is 0 Å². The number of rotatable bonds is 6. The molecule has 3 rings (SSSR count). The molecule has 0 bridgehead atoms. The van der Waals surface area contributed by atoms with E-state index >= 15 is 0 Å². The number of piperazine rings is 1. The van der Waals surface area contributed by atoms with Gasteiger partial charge in [-0.2, -0.15) is 0 Å². The van der Waals surface area contributed by atoms with Crippen LogP contribution in [-0.2, 0) is 6.54 Å². The van der Waals surface area contributed by atoms with Gasteiger partial charge in [-0.25, -0.2) is 0 Å². The Morgan fingerprint density at radius 2 is 1.96 bits per heavy atom. The predicted molar refractivity (Wildman–Crippen MR) is 102 cm³/mol. The highest BCUT2D eigenvalue weighted by molar-refractivity contribution is 9.10. The lowest BCUT2D eigenvalue weighted by Crippen LogP contribution is -2.48. The summed E-state index contributed by atoms with van der Waals surface area (Å²) in [5.74, 6) is 1.90. The van der Waals surface area contributed by atoms with E-state index in [0.717, 1.165) is 47.7 Å². The Kier molecular flexibility index (Phi) is 6.11. The van der Waals surface area contributed by atoms with Crippen LogP contribution in [0.1, 0.15) is 12.7 Å². The van der Waals surface area contributed by atoms with E-state index in [1.807, 2.05) is 18.2 Å². The van der Waals surface area contributed by atoms with Crippen molar-refractivity contribution in [1.82, 2.24) is 15.1 Å². The predicted octanol–water partition coefficient (Wildman–Crippen LogP) is 3.43. The molecule has 0 amide bonds. The van der Waals surface area contributed by atoms with Crippen LogP contribution < -0.4 is 5.32 Å². The van der Waals surface area contributed by atoms with Crippen LogP contribution >= 0.6 is 15.9 Å². The van der Waals surface area contributed by atoms with Crippen molar-refractivity contribution in [2.75, 3.05) is 39.8 Å². The van der Waals surface area contributed by atoms with Crippen LogP contribution in [0, 0.1) is 0 Å². The van der Waals surface area contributed by atoms with Crippen LogP contribution in [0.4, 0.5) is 0 Å². The van der Waals surface area contributed by atoms with E-state index in [0.29, 0.717) is 6.04 Å². The minimum atomic E-state index is 0.452. The van der Waals surface area contributed by atoms with Crippen LogP contribution in [-0.4, -0.2) is 55.6 Å². The highest BCUT2D eigenvalue weighted by atomic mass is 79.9. The highest BCUT2D eigenvalue weighted by Crippen LogP contribution is 2.25. The Morgan fingerprint density at radius 3 is 2.71 bits per heavy atom. The second-order valence-corrected chi connectivity index (χ2v) is 7.58. The van der Waals surface area contributed by atoms with Gasteiger partial charge in [-0.15, -0.1) is 0 Å². The maximum atomic E-state index is 5.98. The lowest BCUT2D eigenvalue weighted by Gasteiger charge is -2.34. The van der Waals surface area contributed by atoms with Crippen LogP contribution in [0.3, 0.4) is 0 Å². The highest BCUT2D eigenvalue weighted by Gasteiger charge is 2.16. The molecule has 1 fully saturated rings. The number of nitrogens with zero attached hydrogens (tertiary/aromatic N) is 2. The normalized spacial score (nSPS) is 18.0. The maximum Gasteiger partial charge on any atom is 0.134 e. The third-order valence-electron chi connectivity index (χ3n) is 4.52. The maximum absolute atomic E-state index is 5.98. The first-order chi connectivity index (χ1) is 11.6. The fourth-order valence-corrected chi connectivity index (χ4v) is 3.43. The third kappa shape index (κ3) is 4.93. The van der Waals surface area contributed by atoms with Crippen molar-refractivity contribution in [2.45, 2.75) is 19.5 Å². The second-order valence-electron chi connectivity index (χ2n) is 6.66. The first kappa shape index (κ1) is 17.7. The summed E-state index contributed by atoms with van der Waals surface area (Å²) < 4.78 is 7.04. The molecule has 0 aliphatic carbocycles. The number of benzene rings is 1. The van der Waals surface area contributed by atoms with E-state index in [2.05, 4.69) is 63.2 Å². The van der Waals surface area contributed by atoms with Gasteiger partial charge in [0.25, 0.3) is 0 Å². The standard InChI is InChI=1S/C19H26BrN3O/c1-15(14-23-10-8-22(2)9-11-23)21-13-18-6-7-19(24-18)16-4-3-5-17(20)12-16/h3-7,12,15,21H,8-11,13-14H2,1-2H3. The number of hydrogen-bond acceptors (Lipinski definition) is 4. The van der Waals surface area contributed by atoms with E-state index in [4.69, 9.17) is 4.42 Å². The molecule has 1 atom stereocenters. The molecule has 1 saturated heterocycles. The van der Waals surface area contributed by atoms with Gasteiger partial charge in [0.05, 0.1) is 6.54 Å². The Hall–Kier alpha value is -1.14. The molecule has 2 aromatic rings. The van der Waals surface area contributed by atoms with E-state index < -0.39 is 0 Å². The van der Waals surface area contributed by atoms with Crippen molar-refractivity contribution in [3.8, 4) is 11.3 Å². The van der Waals surface area contributed by atoms with E-state index in [1.54, 1.807) is 0 Å². The SMILES string of the molecule is CC(CN1CCN(C)CC1)NCc1ccc(-c2cccc(Br)c2)o1. The quantitative estimate of drug-likeness (QED) is 0.816. The summed E-state index contributed by atoms with van der Waals surface area (Å²) in [6, 6.07) is 12.7. The fourth-order valence-electron chi connectivity index (χ4n) is 3.03. The molecule has 1 aliphatic rings. The van der Waals surface area contributed by atoms with Gasteiger partial charge in [0.1, 0.15) is 11.5 Å². The minimum Gasteiger partial charge on any atom is -0.460 e. The van der Waals surface area contributed by atoms with Crippen LogP contribution in [0.2, 0.25) is 0 Å². The largest absolute Gasteiger partial charge is 0.460 e.